The summed E-state index contributed by atoms with van der Waals surface area (Å²) < 4.78 is 23.4. The number of nitrogens with one attached hydrogen (secondary N) is 1. The molecule has 0 unspecified atom stereocenters. The van der Waals surface area contributed by atoms with Crippen molar-refractivity contribution < 1.29 is 13.2 Å². The van der Waals surface area contributed by atoms with Crippen LogP contribution in [0.1, 0.15) is 32.1 Å². The molecule has 0 aromatic carbocycles. The fourth-order valence-corrected chi connectivity index (χ4v) is 5.40. The van der Waals surface area contributed by atoms with Crippen LogP contribution >= 0.6 is 12.4 Å². The fourth-order valence-electron chi connectivity index (χ4n) is 4.12. The first-order valence-electron chi connectivity index (χ1n) is 7.74. The number of halogens is 1. The number of hydrogen-bond donors (Lipinski definition) is 1. The number of nitrogens with zero attached hydrogens (tertiary/aromatic N) is 1. The summed E-state index contributed by atoms with van der Waals surface area (Å²) in [6, 6.07) is 0. The predicted molar refractivity (Wildman–Crippen MR) is 84.4 cm³/mol. The third-order valence-corrected chi connectivity index (χ3v) is 7.02. The highest BCUT2D eigenvalue weighted by Gasteiger charge is 2.51. The van der Waals surface area contributed by atoms with Crippen LogP contribution in [0.4, 0.5) is 0 Å². The molecule has 0 bridgehead atoms. The van der Waals surface area contributed by atoms with Crippen molar-refractivity contribution in [1.82, 2.24) is 10.2 Å². The van der Waals surface area contributed by atoms with E-state index in [0.717, 1.165) is 32.4 Å². The highest BCUT2D eigenvalue weighted by molar-refractivity contribution is 7.91. The van der Waals surface area contributed by atoms with Crippen molar-refractivity contribution in [2.45, 2.75) is 32.1 Å². The van der Waals surface area contributed by atoms with E-state index in [1.165, 1.54) is 6.42 Å². The molecule has 122 valence electrons. The zero-order chi connectivity index (χ0) is 14.2. The lowest BCUT2D eigenvalue weighted by Crippen LogP contribution is -2.50. The average molecular weight is 337 g/mol. The molecule has 0 aromatic heterocycles. The lowest BCUT2D eigenvalue weighted by molar-refractivity contribution is -0.145. The van der Waals surface area contributed by atoms with Crippen LogP contribution in [0.25, 0.3) is 0 Å². The molecular formula is C14H25ClN2O3S. The van der Waals surface area contributed by atoms with Crippen LogP contribution in [0.5, 0.6) is 0 Å². The molecule has 3 fully saturated rings. The Kier molecular flexibility index (Phi) is 5.21. The van der Waals surface area contributed by atoms with Gasteiger partial charge in [-0.3, -0.25) is 4.79 Å². The van der Waals surface area contributed by atoms with E-state index in [2.05, 4.69) is 5.32 Å². The number of fused-ring (bicyclic) bond motifs is 1. The van der Waals surface area contributed by atoms with Gasteiger partial charge in [0.2, 0.25) is 5.91 Å². The van der Waals surface area contributed by atoms with Gasteiger partial charge in [0.25, 0.3) is 0 Å². The Bertz CT molecular complexity index is 496. The lowest BCUT2D eigenvalue weighted by atomic mass is 9.67. The zero-order valence-corrected chi connectivity index (χ0v) is 14.0. The topological polar surface area (TPSA) is 66.5 Å². The highest BCUT2D eigenvalue weighted by Crippen LogP contribution is 2.45. The van der Waals surface area contributed by atoms with E-state index in [1.807, 2.05) is 4.90 Å². The third-order valence-electron chi connectivity index (χ3n) is 5.31. The average Bonchev–Trinajstić information content (AvgIpc) is 2.78. The molecule has 7 heteroatoms. The van der Waals surface area contributed by atoms with Crippen LogP contribution in [0.2, 0.25) is 0 Å². The Morgan fingerprint density at radius 1 is 1.14 bits per heavy atom. The van der Waals surface area contributed by atoms with E-state index in [1.54, 1.807) is 0 Å². The van der Waals surface area contributed by atoms with Crippen LogP contribution < -0.4 is 5.32 Å². The van der Waals surface area contributed by atoms with Crippen molar-refractivity contribution in [3.05, 3.63) is 0 Å². The summed E-state index contributed by atoms with van der Waals surface area (Å²) >= 11 is 0. The second-order valence-corrected chi connectivity index (χ2v) is 8.83. The minimum absolute atomic E-state index is 0. The van der Waals surface area contributed by atoms with Gasteiger partial charge in [-0.1, -0.05) is 12.8 Å². The van der Waals surface area contributed by atoms with E-state index in [9.17, 15) is 13.2 Å². The van der Waals surface area contributed by atoms with Crippen LogP contribution in [0, 0.1) is 11.3 Å². The minimum Gasteiger partial charge on any atom is -0.341 e. The monoisotopic (exact) mass is 336 g/mol. The summed E-state index contributed by atoms with van der Waals surface area (Å²) in [7, 11) is -2.95. The zero-order valence-electron chi connectivity index (χ0n) is 12.3. The molecule has 1 aliphatic carbocycles. The van der Waals surface area contributed by atoms with Gasteiger partial charge in [0, 0.05) is 19.6 Å². The largest absolute Gasteiger partial charge is 0.341 e. The summed E-state index contributed by atoms with van der Waals surface area (Å²) in [6.07, 6.45) is 5.02. The molecule has 3 rings (SSSR count). The Morgan fingerprint density at radius 2 is 1.95 bits per heavy atom. The maximum absolute atomic E-state index is 13.0. The highest BCUT2D eigenvalue weighted by atomic mass is 35.5. The second kappa shape index (κ2) is 6.42. The van der Waals surface area contributed by atoms with E-state index in [-0.39, 0.29) is 35.2 Å². The van der Waals surface area contributed by atoms with Gasteiger partial charge in [0.05, 0.1) is 16.9 Å². The van der Waals surface area contributed by atoms with Crippen LogP contribution in [-0.2, 0) is 14.6 Å². The van der Waals surface area contributed by atoms with Gasteiger partial charge in [-0.25, -0.2) is 8.42 Å². The Hall–Kier alpha value is -0.330. The molecule has 0 radical (unpaired) electrons. The number of hydrogen-bond acceptors (Lipinski definition) is 4. The Morgan fingerprint density at radius 3 is 2.76 bits per heavy atom. The van der Waals surface area contributed by atoms with Gasteiger partial charge in [0.1, 0.15) is 0 Å². The molecule has 0 spiro atoms. The van der Waals surface area contributed by atoms with E-state index < -0.39 is 9.84 Å². The van der Waals surface area contributed by atoms with Gasteiger partial charge >= 0.3 is 0 Å². The van der Waals surface area contributed by atoms with Crippen molar-refractivity contribution in [2.75, 3.05) is 37.7 Å². The number of carbonyl (C=O) groups is 1. The van der Waals surface area contributed by atoms with Crippen molar-refractivity contribution in [3.8, 4) is 0 Å². The summed E-state index contributed by atoms with van der Waals surface area (Å²) in [5.74, 6) is 1.02. The van der Waals surface area contributed by atoms with Gasteiger partial charge < -0.3 is 10.2 Å². The van der Waals surface area contributed by atoms with Crippen molar-refractivity contribution in [2.24, 2.45) is 11.3 Å². The van der Waals surface area contributed by atoms with Gasteiger partial charge in [0.15, 0.2) is 9.84 Å². The van der Waals surface area contributed by atoms with Gasteiger partial charge in [-0.15, -0.1) is 12.4 Å². The van der Waals surface area contributed by atoms with E-state index in [4.69, 9.17) is 0 Å². The quantitative estimate of drug-likeness (QED) is 0.770. The van der Waals surface area contributed by atoms with Gasteiger partial charge in [-0.05, 0) is 31.7 Å². The molecule has 1 amide bonds. The SMILES string of the molecule is Cl.O=C(N1CCCS(=O)(=O)CC1)[C@@]12CCCC[C@H]1CNC2. The molecule has 1 N–H and O–H groups in total. The molecule has 1 saturated carbocycles. The minimum atomic E-state index is -2.95. The van der Waals surface area contributed by atoms with Crippen LogP contribution in [0.15, 0.2) is 0 Å². The normalized spacial score (nSPS) is 35.4. The molecule has 2 atom stereocenters. The second-order valence-electron chi connectivity index (χ2n) is 6.53. The summed E-state index contributed by atoms with van der Waals surface area (Å²) in [5.41, 5.74) is -0.244. The fraction of sp³-hybridized carbons (Fsp3) is 0.929. The maximum Gasteiger partial charge on any atom is 0.230 e. The number of sulfone groups is 1. The Labute approximate surface area is 133 Å². The first-order chi connectivity index (χ1) is 9.54. The molecule has 3 aliphatic rings. The molecule has 0 aromatic rings. The molecule has 21 heavy (non-hydrogen) atoms. The Balaban J connectivity index is 0.00000161. The van der Waals surface area contributed by atoms with E-state index in [0.29, 0.717) is 25.4 Å². The standard InChI is InChI=1S/C14H24N2O3S.ClH/c17-13(16-6-3-8-20(18,19)9-7-16)14-5-2-1-4-12(14)10-15-11-14;/h12,15H,1-11H2;1H/t12-,14+;/m0./s1. The first kappa shape index (κ1) is 17.0. The number of rotatable bonds is 1. The van der Waals surface area contributed by atoms with Crippen molar-refractivity contribution in [1.29, 1.82) is 0 Å². The molecular weight excluding hydrogens is 312 g/mol. The van der Waals surface area contributed by atoms with E-state index >= 15 is 0 Å². The molecule has 2 aliphatic heterocycles. The number of carbonyl (C=O) groups excluding carboxylic acids is 1. The molecule has 5 nitrogen and oxygen atoms in total. The van der Waals surface area contributed by atoms with Crippen molar-refractivity contribution in [3.63, 3.8) is 0 Å². The number of amides is 1. The summed E-state index contributed by atoms with van der Waals surface area (Å²) in [5, 5.41) is 3.39. The maximum atomic E-state index is 13.0. The smallest absolute Gasteiger partial charge is 0.230 e. The van der Waals surface area contributed by atoms with Crippen LogP contribution in [0.3, 0.4) is 0 Å². The summed E-state index contributed by atoms with van der Waals surface area (Å²) in [6.45, 7) is 2.71. The molecule has 2 saturated heterocycles. The first-order valence-corrected chi connectivity index (χ1v) is 9.56. The van der Waals surface area contributed by atoms with Crippen molar-refractivity contribution >= 4 is 28.2 Å². The molecule has 2 heterocycles. The summed E-state index contributed by atoms with van der Waals surface area (Å²) in [4.78, 5) is 14.8. The lowest BCUT2D eigenvalue weighted by Gasteiger charge is -2.40. The predicted octanol–water partition coefficient (Wildman–Crippen LogP) is 0.835. The van der Waals surface area contributed by atoms with Gasteiger partial charge in [-0.2, -0.15) is 0 Å². The third kappa shape index (κ3) is 3.22. The van der Waals surface area contributed by atoms with Crippen LogP contribution in [-0.4, -0.2) is 56.9 Å².